The molecular weight excluding hydrogens is 408 g/mol. The topological polar surface area (TPSA) is 126 Å². The number of nitrogens with one attached hydrogen (secondary N) is 1. The van der Waals surface area contributed by atoms with Gasteiger partial charge in [0.15, 0.2) is 14.6 Å². The van der Waals surface area contributed by atoms with Crippen LogP contribution in [0.5, 0.6) is 0 Å². The Labute approximate surface area is 175 Å². The molecule has 30 heavy (non-hydrogen) atoms. The SMILES string of the molecule is CC(CCn1ccc(-c2ccc(C3CC3CO)cc2)cc1=O)(C(=O)NO)S(C)(=O)=O. The van der Waals surface area contributed by atoms with Gasteiger partial charge in [0.2, 0.25) is 0 Å². The third-order valence-corrected chi connectivity index (χ3v) is 8.08. The van der Waals surface area contributed by atoms with E-state index in [-0.39, 0.29) is 25.1 Å². The number of benzene rings is 1. The minimum Gasteiger partial charge on any atom is -0.396 e. The number of amides is 1. The molecule has 1 aromatic heterocycles. The fourth-order valence-electron chi connectivity index (χ4n) is 3.57. The summed E-state index contributed by atoms with van der Waals surface area (Å²) in [5, 5.41) is 18.1. The molecule has 0 bridgehead atoms. The van der Waals surface area contributed by atoms with Gasteiger partial charge in [-0.25, -0.2) is 13.9 Å². The summed E-state index contributed by atoms with van der Waals surface area (Å²) in [7, 11) is -3.83. The summed E-state index contributed by atoms with van der Waals surface area (Å²) >= 11 is 0. The first-order valence-corrected chi connectivity index (χ1v) is 11.6. The molecule has 0 spiro atoms. The van der Waals surface area contributed by atoms with Crippen molar-refractivity contribution in [2.24, 2.45) is 5.92 Å². The molecule has 1 aliphatic rings. The standard InChI is InChI=1S/C21H26N2O6S/c1-21(20(26)22-27,30(2,28)29)8-10-23-9-7-16(12-19(23)25)14-3-5-15(6-4-14)18-11-17(18)13-24/h3-7,9,12,17-18,24,27H,8,10-11,13H2,1-2H3,(H,22,26). The van der Waals surface area contributed by atoms with Crippen molar-refractivity contribution in [1.29, 1.82) is 0 Å². The Balaban J connectivity index is 1.75. The molecule has 1 aromatic carbocycles. The van der Waals surface area contributed by atoms with Crippen LogP contribution < -0.4 is 11.0 Å². The van der Waals surface area contributed by atoms with Crippen LogP contribution in [0.15, 0.2) is 47.4 Å². The van der Waals surface area contributed by atoms with Gasteiger partial charge in [0, 0.05) is 31.7 Å². The van der Waals surface area contributed by atoms with E-state index in [1.807, 2.05) is 24.3 Å². The Morgan fingerprint density at radius 2 is 1.90 bits per heavy atom. The summed E-state index contributed by atoms with van der Waals surface area (Å²) < 4.78 is 23.6. The number of hydrogen-bond donors (Lipinski definition) is 3. The predicted octanol–water partition coefficient (Wildman–Crippen LogP) is 1.31. The lowest BCUT2D eigenvalue weighted by molar-refractivity contribution is -0.131. The lowest BCUT2D eigenvalue weighted by Crippen LogP contribution is -2.49. The Morgan fingerprint density at radius 1 is 1.23 bits per heavy atom. The van der Waals surface area contributed by atoms with Crippen molar-refractivity contribution in [2.75, 3.05) is 12.9 Å². The van der Waals surface area contributed by atoms with Gasteiger partial charge >= 0.3 is 0 Å². The van der Waals surface area contributed by atoms with E-state index >= 15 is 0 Å². The smallest absolute Gasteiger partial charge is 0.264 e. The molecule has 3 rings (SSSR count). The summed E-state index contributed by atoms with van der Waals surface area (Å²) in [6.07, 6.45) is 3.31. The molecule has 2 aromatic rings. The maximum absolute atomic E-state index is 12.5. The van der Waals surface area contributed by atoms with Crippen molar-refractivity contribution in [3.8, 4) is 11.1 Å². The van der Waals surface area contributed by atoms with E-state index < -0.39 is 20.5 Å². The zero-order chi connectivity index (χ0) is 22.1. The number of aryl methyl sites for hydroxylation is 1. The highest BCUT2D eigenvalue weighted by Crippen LogP contribution is 2.47. The van der Waals surface area contributed by atoms with Gasteiger partial charge in [-0.05, 0) is 54.4 Å². The lowest BCUT2D eigenvalue weighted by Gasteiger charge is -2.25. The fourth-order valence-corrected chi connectivity index (χ4v) is 4.42. The molecule has 1 fully saturated rings. The third-order valence-electron chi connectivity index (χ3n) is 6.06. The van der Waals surface area contributed by atoms with Gasteiger partial charge in [-0.15, -0.1) is 0 Å². The van der Waals surface area contributed by atoms with E-state index in [0.29, 0.717) is 11.8 Å². The fraction of sp³-hybridized carbons (Fsp3) is 0.429. The highest BCUT2D eigenvalue weighted by atomic mass is 32.2. The van der Waals surface area contributed by atoms with Gasteiger partial charge in [0.05, 0.1) is 0 Å². The Morgan fingerprint density at radius 3 is 2.40 bits per heavy atom. The first-order chi connectivity index (χ1) is 14.1. The molecule has 162 valence electrons. The second-order valence-electron chi connectivity index (χ2n) is 8.05. The summed E-state index contributed by atoms with van der Waals surface area (Å²) in [6, 6.07) is 11.1. The Kier molecular flexibility index (Phi) is 6.16. The zero-order valence-corrected chi connectivity index (χ0v) is 17.7. The minimum absolute atomic E-state index is 0.000725. The molecule has 3 N–H and O–H groups in total. The molecule has 1 heterocycles. The van der Waals surface area contributed by atoms with E-state index in [1.165, 1.54) is 28.6 Å². The first kappa shape index (κ1) is 22.2. The number of sulfone groups is 1. The van der Waals surface area contributed by atoms with E-state index in [1.54, 1.807) is 12.3 Å². The maximum Gasteiger partial charge on any atom is 0.264 e. The number of rotatable bonds is 8. The number of hydroxylamine groups is 1. The van der Waals surface area contributed by atoms with Gasteiger partial charge in [-0.3, -0.25) is 14.8 Å². The number of pyridine rings is 1. The van der Waals surface area contributed by atoms with Crippen LogP contribution in [-0.4, -0.2) is 46.8 Å². The van der Waals surface area contributed by atoms with Crippen molar-refractivity contribution < 1.29 is 23.5 Å². The number of aliphatic hydroxyl groups is 1. The molecule has 8 nitrogen and oxygen atoms in total. The van der Waals surface area contributed by atoms with Crippen molar-refractivity contribution in [2.45, 2.75) is 37.0 Å². The molecular formula is C21H26N2O6S. The summed E-state index contributed by atoms with van der Waals surface area (Å²) in [4.78, 5) is 24.4. The van der Waals surface area contributed by atoms with Gasteiger partial charge in [-0.2, -0.15) is 0 Å². The van der Waals surface area contributed by atoms with Crippen LogP contribution in [0.3, 0.4) is 0 Å². The third kappa shape index (κ3) is 4.33. The monoisotopic (exact) mass is 434 g/mol. The van der Waals surface area contributed by atoms with E-state index in [2.05, 4.69) is 0 Å². The number of aromatic nitrogens is 1. The Bertz CT molecular complexity index is 1090. The van der Waals surface area contributed by atoms with Crippen LogP contribution in [0.25, 0.3) is 11.1 Å². The normalized spacial score (nSPS) is 20.4. The number of hydrogen-bond acceptors (Lipinski definition) is 6. The molecule has 1 aliphatic carbocycles. The van der Waals surface area contributed by atoms with Crippen molar-refractivity contribution in [3.63, 3.8) is 0 Å². The van der Waals surface area contributed by atoms with Gasteiger partial charge in [0.25, 0.3) is 11.5 Å². The molecule has 9 heteroatoms. The second-order valence-corrected chi connectivity index (χ2v) is 10.5. The summed E-state index contributed by atoms with van der Waals surface area (Å²) in [5.74, 6) is -0.295. The minimum atomic E-state index is -3.83. The van der Waals surface area contributed by atoms with Gasteiger partial charge in [-0.1, -0.05) is 24.3 Å². The quantitative estimate of drug-likeness (QED) is 0.425. The van der Waals surface area contributed by atoms with Crippen LogP contribution >= 0.6 is 0 Å². The average Bonchev–Trinajstić information content (AvgIpc) is 3.51. The van der Waals surface area contributed by atoms with E-state index in [9.17, 15) is 23.1 Å². The molecule has 0 saturated heterocycles. The predicted molar refractivity (Wildman–Crippen MR) is 112 cm³/mol. The summed E-state index contributed by atoms with van der Waals surface area (Å²) in [5.41, 5.74) is 3.86. The van der Waals surface area contributed by atoms with Crippen molar-refractivity contribution in [3.05, 3.63) is 58.5 Å². The lowest BCUT2D eigenvalue weighted by atomic mass is 10.0. The number of carbonyl (C=O) groups is 1. The largest absolute Gasteiger partial charge is 0.396 e. The second kappa shape index (κ2) is 8.33. The van der Waals surface area contributed by atoms with Crippen LogP contribution in [0.2, 0.25) is 0 Å². The van der Waals surface area contributed by atoms with Crippen LogP contribution in [0.4, 0.5) is 0 Å². The van der Waals surface area contributed by atoms with Crippen molar-refractivity contribution in [1.82, 2.24) is 10.0 Å². The molecule has 1 saturated carbocycles. The number of carbonyl (C=O) groups excluding carboxylic acids is 1. The maximum atomic E-state index is 12.5. The highest BCUT2D eigenvalue weighted by Gasteiger charge is 2.43. The number of aliphatic hydroxyl groups excluding tert-OH is 1. The zero-order valence-electron chi connectivity index (χ0n) is 16.9. The highest BCUT2D eigenvalue weighted by molar-refractivity contribution is 7.92. The first-order valence-electron chi connectivity index (χ1n) is 9.66. The molecule has 1 amide bonds. The number of nitrogens with zero attached hydrogens (tertiary/aromatic N) is 1. The molecule has 3 unspecified atom stereocenters. The summed E-state index contributed by atoms with van der Waals surface area (Å²) in [6.45, 7) is 1.41. The van der Waals surface area contributed by atoms with E-state index in [4.69, 9.17) is 5.21 Å². The average molecular weight is 435 g/mol. The van der Waals surface area contributed by atoms with Crippen LogP contribution in [0, 0.1) is 5.92 Å². The van der Waals surface area contributed by atoms with E-state index in [0.717, 1.165) is 23.8 Å². The van der Waals surface area contributed by atoms with Crippen LogP contribution in [0.1, 0.15) is 31.2 Å². The van der Waals surface area contributed by atoms with Crippen molar-refractivity contribution >= 4 is 15.7 Å². The molecule has 0 radical (unpaired) electrons. The van der Waals surface area contributed by atoms with Crippen LogP contribution in [-0.2, 0) is 21.2 Å². The molecule has 0 aliphatic heterocycles. The Hall–Kier alpha value is -2.49. The molecule has 3 atom stereocenters. The van der Waals surface area contributed by atoms with Gasteiger partial charge < -0.3 is 9.67 Å². The van der Waals surface area contributed by atoms with Gasteiger partial charge in [0.1, 0.15) is 0 Å².